The first kappa shape index (κ1) is 38.8. The Bertz CT molecular complexity index is 3550. The lowest BCUT2D eigenvalue weighted by Crippen LogP contribution is -2.61. The average molecular weight is 850 g/mol. The summed E-state index contributed by atoms with van der Waals surface area (Å²) in [6.07, 6.45) is 0. The minimum atomic E-state index is -0.0837. The van der Waals surface area contributed by atoms with Gasteiger partial charge in [0.15, 0.2) is 5.58 Å². The van der Waals surface area contributed by atoms with Crippen molar-refractivity contribution in [1.82, 2.24) is 4.98 Å². The Morgan fingerprint density at radius 1 is 0.424 bits per heavy atom. The van der Waals surface area contributed by atoms with Gasteiger partial charge in [-0.25, -0.2) is 4.98 Å². The van der Waals surface area contributed by atoms with Gasteiger partial charge in [0.1, 0.15) is 5.52 Å². The second kappa shape index (κ2) is 13.9. The highest BCUT2D eigenvalue weighted by Gasteiger charge is 2.44. The molecule has 11 aromatic rings. The van der Waals surface area contributed by atoms with E-state index in [1.54, 1.807) is 0 Å². The van der Waals surface area contributed by atoms with Crippen molar-refractivity contribution in [3.8, 4) is 11.5 Å². The van der Waals surface area contributed by atoms with Crippen LogP contribution >= 0.6 is 0 Å². The molecule has 2 aliphatic heterocycles. The smallest absolute Gasteiger partial charge is 0.252 e. The van der Waals surface area contributed by atoms with Crippen LogP contribution in [-0.4, -0.2) is 11.7 Å². The molecule has 0 fully saturated rings. The second-order valence-corrected chi connectivity index (χ2v) is 20.5. The molecule has 13 rings (SSSR count). The second-order valence-electron chi connectivity index (χ2n) is 20.5. The van der Waals surface area contributed by atoms with E-state index in [1.807, 2.05) is 24.3 Å². The van der Waals surface area contributed by atoms with Crippen molar-refractivity contribution >= 4 is 111 Å². The molecule has 0 atom stereocenters. The zero-order valence-electron chi connectivity index (χ0n) is 38.1. The van der Waals surface area contributed by atoms with Crippen LogP contribution in [0.15, 0.2) is 186 Å². The summed E-state index contributed by atoms with van der Waals surface area (Å²) >= 11 is 0. The fourth-order valence-electron chi connectivity index (χ4n) is 10.9. The monoisotopic (exact) mass is 849 g/mol. The van der Waals surface area contributed by atoms with Crippen LogP contribution in [0.4, 0.5) is 34.1 Å². The van der Waals surface area contributed by atoms with Gasteiger partial charge in [0.05, 0.1) is 0 Å². The van der Waals surface area contributed by atoms with Gasteiger partial charge in [-0.1, -0.05) is 163 Å². The molecule has 316 valence electrons. The van der Waals surface area contributed by atoms with Crippen molar-refractivity contribution in [2.45, 2.75) is 52.4 Å². The van der Waals surface area contributed by atoms with E-state index in [2.05, 4.69) is 209 Å². The molecule has 0 spiro atoms. The van der Waals surface area contributed by atoms with Gasteiger partial charge in [-0.05, 0) is 142 Å². The van der Waals surface area contributed by atoms with Gasteiger partial charge in [0.25, 0.3) is 6.71 Å². The van der Waals surface area contributed by atoms with Crippen LogP contribution in [0.25, 0.3) is 65.6 Å². The van der Waals surface area contributed by atoms with Crippen molar-refractivity contribution in [1.29, 1.82) is 0 Å². The molecule has 0 radical (unpaired) electrons. The van der Waals surface area contributed by atoms with E-state index in [-0.39, 0.29) is 17.5 Å². The minimum Gasteiger partial charge on any atom is -0.436 e. The van der Waals surface area contributed by atoms with Crippen LogP contribution in [0.2, 0.25) is 0 Å². The Hall–Kier alpha value is -7.63. The summed E-state index contributed by atoms with van der Waals surface area (Å²) < 4.78 is 6.68. The number of fused-ring (bicyclic) bond motifs is 11. The van der Waals surface area contributed by atoms with Crippen LogP contribution in [-0.2, 0) is 10.8 Å². The Morgan fingerprint density at radius 2 is 0.879 bits per heavy atom. The van der Waals surface area contributed by atoms with Gasteiger partial charge >= 0.3 is 0 Å². The quantitative estimate of drug-likeness (QED) is 0.131. The predicted molar refractivity (Wildman–Crippen MR) is 281 cm³/mol. The fourth-order valence-corrected chi connectivity index (χ4v) is 10.9. The zero-order chi connectivity index (χ0) is 44.6. The lowest BCUT2D eigenvalue weighted by atomic mass is 9.33. The average Bonchev–Trinajstić information content (AvgIpc) is 3.77. The van der Waals surface area contributed by atoms with Crippen molar-refractivity contribution in [3.63, 3.8) is 0 Å². The van der Waals surface area contributed by atoms with E-state index in [4.69, 9.17) is 9.40 Å². The van der Waals surface area contributed by atoms with Gasteiger partial charge in [-0.3, -0.25) is 0 Å². The number of para-hydroxylation sites is 2. The molecule has 0 N–H and O–H groups in total. The molecule has 0 saturated heterocycles. The number of hydrogen-bond acceptors (Lipinski definition) is 4. The molecule has 3 heterocycles. The number of anilines is 6. The first-order valence-corrected chi connectivity index (χ1v) is 23.2. The Morgan fingerprint density at radius 3 is 1.36 bits per heavy atom. The van der Waals surface area contributed by atoms with E-state index in [9.17, 15) is 0 Å². The molecule has 2 aliphatic rings. The summed E-state index contributed by atoms with van der Waals surface area (Å²) in [5.74, 6) is 0.600. The van der Waals surface area contributed by atoms with Crippen molar-refractivity contribution in [2.75, 3.05) is 9.80 Å². The number of benzene rings is 10. The highest BCUT2D eigenvalue weighted by atomic mass is 16.3. The van der Waals surface area contributed by atoms with Crippen LogP contribution in [0.3, 0.4) is 0 Å². The zero-order valence-corrected chi connectivity index (χ0v) is 38.1. The Kier molecular flexibility index (Phi) is 8.19. The summed E-state index contributed by atoms with van der Waals surface area (Å²) in [7, 11) is 0. The third kappa shape index (κ3) is 5.89. The van der Waals surface area contributed by atoms with Crippen molar-refractivity contribution < 1.29 is 4.42 Å². The van der Waals surface area contributed by atoms with Crippen LogP contribution in [0, 0.1) is 0 Å². The Balaban J connectivity index is 1.18. The van der Waals surface area contributed by atoms with E-state index in [1.165, 1.54) is 82.0 Å². The molecule has 0 saturated carbocycles. The number of oxazole rings is 1. The normalized spacial score (nSPS) is 13.5. The number of aromatic nitrogens is 1. The van der Waals surface area contributed by atoms with Crippen LogP contribution < -0.4 is 26.2 Å². The molecular weight excluding hydrogens is 802 g/mol. The maximum atomic E-state index is 6.68. The summed E-state index contributed by atoms with van der Waals surface area (Å²) in [5, 5.41) is 9.91. The van der Waals surface area contributed by atoms with E-state index >= 15 is 0 Å². The topological polar surface area (TPSA) is 32.5 Å². The third-order valence-corrected chi connectivity index (χ3v) is 14.3. The molecule has 4 nitrogen and oxygen atoms in total. The van der Waals surface area contributed by atoms with Gasteiger partial charge < -0.3 is 14.2 Å². The van der Waals surface area contributed by atoms with Gasteiger partial charge in [0, 0.05) is 39.7 Å². The van der Waals surface area contributed by atoms with Gasteiger partial charge in [-0.2, -0.15) is 0 Å². The van der Waals surface area contributed by atoms with Crippen molar-refractivity contribution in [3.05, 3.63) is 193 Å². The van der Waals surface area contributed by atoms with E-state index < -0.39 is 0 Å². The Labute approximate surface area is 385 Å². The van der Waals surface area contributed by atoms with E-state index in [0.717, 1.165) is 39.4 Å². The van der Waals surface area contributed by atoms with Crippen LogP contribution in [0.1, 0.15) is 52.7 Å². The molecule has 1 aromatic heterocycles. The number of hydrogen-bond donors (Lipinski definition) is 0. The molecule has 0 unspecified atom stereocenters. The standard InChI is InChI=1S/C61H48BN3O/c1-60(2,3)42-23-27-44(28-24-42)64-53-35-48-39(21-19-37-13-7-9-15-46(37)48)31-50(53)62-51-32-40-22-20-38-14-8-10-16-47(38)49(40)36-54(51)65(45-29-25-43(26-30-45)61(4,5)6)56-34-41(33-55(64)58(56)62)59-63-52-17-11-12-18-57(52)66-59/h7-36H,1-6H3. The summed E-state index contributed by atoms with van der Waals surface area (Å²) in [4.78, 5) is 10.2. The molecule has 0 amide bonds. The highest BCUT2D eigenvalue weighted by molar-refractivity contribution is 7.00. The first-order valence-electron chi connectivity index (χ1n) is 23.2. The summed E-state index contributed by atoms with van der Waals surface area (Å²) in [6, 6.07) is 67.9. The molecular formula is C61H48BN3O. The van der Waals surface area contributed by atoms with Gasteiger partial charge in [-0.15, -0.1) is 0 Å². The summed E-state index contributed by atoms with van der Waals surface area (Å²) in [6.45, 7) is 13.6. The third-order valence-electron chi connectivity index (χ3n) is 14.3. The van der Waals surface area contributed by atoms with E-state index in [0.29, 0.717) is 5.89 Å². The first-order chi connectivity index (χ1) is 32.0. The fraction of sp³-hybridized carbons (Fsp3) is 0.131. The number of nitrogens with zero attached hydrogens (tertiary/aromatic N) is 3. The predicted octanol–water partition coefficient (Wildman–Crippen LogP) is 14.8. The lowest BCUT2D eigenvalue weighted by Gasteiger charge is -2.44. The van der Waals surface area contributed by atoms with Gasteiger partial charge in [0.2, 0.25) is 5.89 Å². The van der Waals surface area contributed by atoms with Crippen molar-refractivity contribution in [2.24, 2.45) is 0 Å². The summed E-state index contributed by atoms with van der Waals surface area (Å²) in [5.41, 5.74) is 15.8. The molecule has 10 aromatic carbocycles. The molecule has 0 aliphatic carbocycles. The number of rotatable bonds is 3. The minimum absolute atomic E-state index is 0.00540. The molecule has 0 bridgehead atoms. The van der Waals surface area contributed by atoms with Crippen LogP contribution in [0.5, 0.6) is 0 Å². The SMILES string of the molecule is CC(C)(C)c1ccc(N2c3cc4c(ccc5ccccc54)cc3B3c4cc5ccc6ccccc6c5cc4N(c4ccc(C(C)(C)C)cc4)c4cc(-c5nc6ccccc6o5)cc2c43)cc1. The highest BCUT2D eigenvalue weighted by Crippen LogP contribution is 2.48. The largest absolute Gasteiger partial charge is 0.436 e. The maximum absolute atomic E-state index is 6.68. The lowest BCUT2D eigenvalue weighted by molar-refractivity contribution is 0.590. The molecule has 66 heavy (non-hydrogen) atoms. The molecule has 5 heteroatoms. The maximum Gasteiger partial charge on any atom is 0.252 e.